The minimum atomic E-state index is -0.446. The Hall–Kier alpha value is -0.280. The van der Waals surface area contributed by atoms with Gasteiger partial charge < -0.3 is 10.1 Å². The van der Waals surface area contributed by atoms with Gasteiger partial charge in [-0.05, 0) is 6.92 Å². The van der Waals surface area contributed by atoms with Crippen LogP contribution >= 0.6 is 11.6 Å². The zero-order valence-corrected chi connectivity index (χ0v) is 6.52. The van der Waals surface area contributed by atoms with E-state index < -0.39 is 5.38 Å². The van der Waals surface area contributed by atoms with Crippen LogP contribution in [0.4, 0.5) is 0 Å². The third kappa shape index (κ3) is 2.54. The fraction of sp³-hybridized carbons (Fsp3) is 0.833. The van der Waals surface area contributed by atoms with Crippen molar-refractivity contribution in [2.75, 3.05) is 13.2 Å². The second-order valence-corrected chi connectivity index (χ2v) is 2.97. The number of epoxide rings is 1. The van der Waals surface area contributed by atoms with E-state index in [9.17, 15) is 4.79 Å². The largest absolute Gasteiger partial charge is 0.371 e. The average Bonchev–Trinajstić information content (AvgIpc) is 2.64. The number of ether oxygens (including phenoxy) is 1. The molecule has 1 amide bonds. The molecule has 0 aromatic rings. The van der Waals surface area contributed by atoms with Crippen LogP contribution in [0.3, 0.4) is 0 Å². The zero-order chi connectivity index (χ0) is 7.56. The second kappa shape index (κ2) is 3.21. The first-order valence-electron chi connectivity index (χ1n) is 3.23. The van der Waals surface area contributed by atoms with E-state index in [1.54, 1.807) is 6.92 Å². The molecule has 0 saturated carbocycles. The van der Waals surface area contributed by atoms with Gasteiger partial charge >= 0.3 is 0 Å². The first-order chi connectivity index (χ1) is 4.70. The normalized spacial score (nSPS) is 25.6. The van der Waals surface area contributed by atoms with Crippen molar-refractivity contribution in [3.05, 3.63) is 0 Å². The molecule has 2 unspecified atom stereocenters. The third-order valence-corrected chi connectivity index (χ3v) is 1.47. The molecule has 0 aliphatic carbocycles. The summed E-state index contributed by atoms with van der Waals surface area (Å²) in [6.45, 7) is 3.00. The van der Waals surface area contributed by atoms with E-state index >= 15 is 0 Å². The van der Waals surface area contributed by atoms with Crippen LogP contribution in [0.15, 0.2) is 0 Å². The molecular formula is C6H10ClNO2. The Labute approximate surface area is 64.7 Å². The maximum absolute atomic E-state index is 10.8. The molecule has 1 aliphatic rings. The highest BCUT2D eigenvalue weighted by Crippen LogP contribution is 2.06. The van der Waals surface area contributed by atoms with E-state index in [0.717, 1.165) is 6.61 Å². The Balaban J connectivity index is 2.05. The van der Waals surface area contributed by atoms with Gasteiger partial charge in [0.2, 0.25) is 5.91 Å². The number of rotatable bonds is 3. The van der Waals surface area contributed by atoms with Crippen molar-refractivity contribution in [1.29, 1.82) is 0 Å². The lowest BCUT2D eigenvalue weighted by Gasteiger charge is -2.02. The van der Waals surface area contributed by atoms with Crippen LogP contribution in [0.2, 0.25) is 0 Å². The van der Waals surface area contributed by atoms with Crippen LogP contribution < -0.4 is 5.32 Å². The van der Waals surface area contributed by atoms with E-state index in [1.807, 2.05) is 0 Å². The lowest BCUT2D eigenvalue weighted by atomic mass is 10.4. The number of hydrogen-bond acceptors (Lipinski definition) is 2. The summed E-state index contributed by atoms with van der Waals surface area (Å²) >= 11 is 5.48. The highest BCUT2D eigenvalue weighted by atomic mass is 35.5. The lowest BCUT2D eigenvalue weighted by molar-refractivity contribution is -0.120. The predicted molar refractivity (Wildman–Crippen MR) is 38.1 cm³/mol. The molecule has 0 bridgehead atoms. The first kappa shape index (κ1) is 7.82. The number of hydrogen-bond donors (Lipinski definition) is 1. The molecule has 0 aromatic heterocycles. The van der Waals surface area contributed by atoms with Gasteiger partial charge in [-0.3, -0.25) is 4.79 Å². The van der Waals surface area contributed by atoms with Gasteiger partial charge in [-0.1, -0.05) is 0 Å². The van der Waals surface area contributed by atoms with Gasteiger partial charge in [-0.2, -0.15) is 0 Å². The highest BCUT2D eigenvalue weighted by molar-refractivity contribution is 6.30. The molecule has 4 heteroatoms. The quantitative estimate of drug-likeness (QED) is 0.475. The molecule has 10 heavy (non-hydrogen) atoms. The molecule has 0 aromatic carbocycles. The van der Waals surface area contributed by atoms with Gasteiger partial charge in [0.05, 0.1) is 12.7 Å². The van der Waals surface area contributed by atoms with E-state index in [-0.39, 0.29) is 12.0 Å². The standard InChI is InChI=1S/C6H10ClNO2/c1-4(7)6(9)8-2-5-3-10-5/h4-5H,2-3H2,1H3,(H,8,9). The summed E-state index contributed by atoms with van der Waals surface area (Å²) in [5, 5.41) is 2.20. The maximum Gasteiger partial charge on any atom is 0.237 e. The minimum Gasteiger partial charge on any atom is -0.371 e. The van der Waals surface area contributed by atoms with E-state index in [1.165, 1.54) is 0 Å². The third-order valence-electron chi connectivity index (χ3n) is 1.27. The van der Waals surface area contributed by atoms with Crippen molar-refractivity contribution >= 4 is 17.5 Å². The van der Waals surface area contributed by atoms with Crippen LogP contribution in [0.1, 0.15) is 6.92 Å². The number of carbonyl (C=O) groups is 1. The van der Waals surface area contributed by atoms with E-state index in [4.69, 9.17) is 16.3 Å². The van der Waals surface area contributed by atoms with Crippen LogP contribution in [-0.4, -0.2) is 30.5 Å². The monoisotopic (exact) mass is 163 g/mol. The van der Waals surface area contributed by atoms with Gasteiger partial charge in [0, 0.05) is 6.54 Å². The smallest absolute Gasteiger partial charge is 0.237 e. The number of nitrogens with one attached hydrogen (secondary N) is 1. The summed E-state index contributed by atoms with van der Waals surface area (Å²) in [4.78, 5) is 10.8. The van der Waals surface area contributed by atoms with Crippen molar-refractivity contribution in [3.8, 4) is 0 Å². The van der Waals surface area contributed by atoms with E-state index in [2.05, 4.69) is 5.32 Å². The Morgan fingerprint density at radius 3 is 3.00 bits per heavy atom. The molecule has 3 nitrogen and oxygen atoms in total. The van der Waals surface area contributed by atoms with Crippen molar-refractivity contribution in [2.24, 2.45) is 0 Å². The Morgan fingerprint density at radius 2 is 2.60 bits per heavy atom. The second-order valence-electron chi connectivity index (χ2n) is 2.32. The first-order valence-corrected chi connectivity index (χ1v) is 3.67. The Morgan fingerprint density at radius 1 is 2.00 bits per heavy atom. The molecule has 0 spiro atoms. The summed E-state index contributed by atoms with van der Waals surface area (Å²) in [6.07, 6.45) is 0.236. The molecule has 2 atom stereocenters. The summed E-state index contributed by atoms with van der Waals surface area (Å²) in [6, 6.07) is 0. The summed E-state index contributed by atoms with van der Waals surface area (Å²) in [7, 11) is 0. The molecular weight excluding hydrogens is 154 g/mol. The molecule has 58 valence electrons. The Kier molecular flexibility index (Phi) is 2.51. The minimum absolute atomic E-state index is 0.128. The predicted octanol–water partition coefficient (Wildman–Crippen LogP) is 0.129. The number of amides is 1. The molecule has 1 saturated heterocycles. The molecule has 1 fully saturated rings. The zero-order valence-electron chi connectivity index (χ0n) is 5.76. The number of alkyl halides is 1. The van der Waals surface area contributed by atoms with Crippen molar-refractivity contribution in [3.63, 3.8) is 0 Å². The Bertz CT molecular complexity index is 134. The van der Waals surface area contributed by atoms with Gasteiger partial charge in [-0.25, -0.2) is 0 Å². The van der Waals surface area contributed by atoms with Gasteiger partial charge in [0.25, 0.3) is 0 Å². The molecule has 0 radical (unpaired) electrons. The lowest BCUT2D eigenvalue weighted by Crippen LogP contribution is -2.32. The van der Waals surface area contributed by atoms with Crippen molar-refractivity contribution in [2.45, 2.75) is 18.4 Å². The molecule has 1 aliphatic heterocycles. The number of halogens is 1. The molecule has 1 heterocycles. The average molecular weight is 164 g/mol. The van der Waals surface area contributed by atoms with Crippen molar-refractivity contribution < 1.29 is 9.53 Å². The van der Waals surface area contributed by atoms with Crippen LogP contribution in [0, 0.1) is 0 Å². The number of carbonyl (C=O) groups excluding carboxylic acids is 1. The fourth-order valence-corrected chi connectivity index (χ4v) is 0.618. The fourth-order valence-electron chi connectivity index (χ4n) is 0.541. The van der Waals surface area contributed by atoms with Crippen LogP contribution in [-0.2, 0) is 9.53 Å². The molecule has 1 rings (SSSR count). The van der Waals surface area contributed by atoms with E-state index in [0.29, 0.717) is 6.54 Å². The van der Waals surface area contributed by atoms with Crippen LogP contribution in [0.5, 0.6) is 0 Å². The van der Waals surface area contributed by atoms with Crippen LogP contribution in [0.25, 0.3) is 0 Å². The van der Waals surface area contributed by atoms with Gasteiger partial charge in [0.15, 0.2) is 0 Å². The van der Waals surface area contributed by atoms with Crippen molar-refractivity contribution in [1.82, 2.24) is 5.32 Å². The highest BCUT2D eigenvalue weighted by Gasteiger charge is 2.23. The topological polar surface area (TPSA) is 41.6 Å². The van der Waals surface area contributed by atoms with Gasteiger partial charge in [-0.15, -0.1) is 11.6 Å². The van der Waals surface area contributed by atoms with Gasteiger partial charge in [0.1, 0.15) is 5.38 Å². The maximum atomic E-state index is 10.8. The SMILES string of the molecule is CC(Cl)C(=O)NCC1CO1. The molecule has 1 N–H and O–H groups in total. The summed E-state index contributed by atoms with van der Waals surface area (Å²) in [5.74, 6) is -0.128. The summed E-state index contributed by atoms with van der Waals surface area (Å²) in [5.41, 5.74) is 0. The summed E-state index contributed by atoms with van der Waals surface area (Å²) < 4.78 is 4.88.